The average molecular weight is 596 g/mol. The van der Waals surface area contributed by atoms with Crippen molar-refractivity contribution in [2.45, 2.75) is 41.0 Å². The number of benzene rings is 5. The van der Waals surface area contributed by atoms with E-state index in [1.807, 2.05) is 0 Å². The lowest BCUT2D eigenvalue weighted by Crippen LogP contribution is -2.33. The van der Waals surface area contributed by atoms with E-state index in [1.165, 1.54) is 21.5 Å². The summed E-state index contributed by atoms with van der Waals surface area (Å²) in [6.07, 6.45) is 1.94. The molecular weight excluding hydrogens is 555 g/mol. The first-order valence-electron chi connectivity index (χ1n) is 15.5. The smallest absolute Gasteiger partial charge is 0.195 e. The molecule has 220 valence electrons. The Morgan fingerprint density at radius 3 is 1.32 bits per heavy atom. The van der Waals surface area contributed by atoms with E-state index < -0.39 is 7.26 Å². The lowest BCUT2D eigenvalue weighted by atomic mass is 9.95. The van der Waals surface area contributed by atoms with Crippen molar-refractivity contribution in [3.8, 4) is 28.0 Å². The first-order valence-corrected chi connectivity index (χ1v) is 17.4. The SMILES string of the molecule is Cc1cc(C)c(-c2c(-c3c(C)cc(OCCC[P+](c4ccccc4)(c4ccccc4)c4ccccc4)cc3C)c2=O)c(C)c1. The van der Waals surface area contributed by atoms with Gasteiger partial charge in [-0.1, -0.05) is 72.3 Å². The Balaban J connectivity index is 1.24. The van der Waals surface area contributed by atoms with Crippen LogP contribution < -0.4 is 26.1 Å². The highest BCUT2D eigenvalue weighted by Crippen LogP contribution is 2.55. The summed E-state index contributed by atoms with van der Waals surface area (Å²) in [6, 6.07) is 41.5. The van der Waals surface area contributed by atoms with Crippen LogP contribution in [0.25, 0.3) is 22.3 Å². The standard InChI is InChI=1S/C41H40O2P/c1-28-24-29(2)37(30(3)25-28)39-40(41(39)42)38-31(4)26-33(27-32(38)5)43-22-15-23-44(34-16-9-6-10-17-34,35-18-11-7-12-19-35)36-20-13-8-14-21-36/h6-14,16-21,24-27H,15,22-23H2,1-5H3/q+1. The van der Waals surface area contributed by atoms with Gasteiger partial charge >= 0.3 is 0 Å². The van der Waals surface area contributed by atoms with Crippen molar-refractivity contribution in [2.24, 2.45) is 0 Å². The van der Waals surface area contributed by atoms with Crippen molar-refractivity contribution in [1.29, 1.82) is 0 Å². The molecule has 0 N–H and O–H groups in total. The first kappa shape index (κ1) is 29.8. The molecule has 6 aromatic rings. The van der Waals surface area contributed by atoms with Crippen molar-refractivity contribution in [3.05, 3.63) is 153 Å². The molecule has 0 atom stereocenters. The minimum atomic E-state index is -1.88. The van der Waals surface area contributed by atoms with Crippen LogP contribution in [0.2, 0.25) is 0 Å². The fraction of sp³-hybridized carbons (Fsp3) is 0.195. The molecule has 0 aromatic heterocycles. The minimum absolute atomic E-state index is 0.169. The fourth-order valence-corrected chi connectivity index (χ4v) is 11.3. The Hall–Kier alpha value is -4.26. The van der Waals surface area contributed by atoms with Crippen molar-refractivity contribution < 1.29 is 4.74 Å². The monoisotopic (exact) mass is 595 g/mol. The highest BCUT2D eigenvalue weighted by Gasteiger charge is 2.44. The van der Waals surface area contributed by atoms with E-state index in [-0.39, 0.29) is 5.43 Å². The van der Waals surface area contributed by atoms with Crippen molar-refractivity contribution >= 4 is 23.2 Å². The van der Waals surface area contributed by atoms with Gasteiger partial charge in [-0.2, -0.15) is 0 Å². The van der Waals surface area contributed by atoms with Gasteiger partial charge in [0.2, 0.25) is 0 Å². The summed E-state index contributed by atoms with van der Waals surface area (Å²) in [4.78, 5) is 13.2. The van der Waals surface area contributed by atoms with Gasteiger partial charge < -0.3 is 4.74 Å². The van der Waals surface area contributed by atoms with E-state index >= 15 is 0 Å². The van der Waals surface area contributed by atoms with Gasteiger partial charge in [-0.3, -0.25) is 4.79 Å². The van der Waals surface area contributed by atoms with Gasteiger partial charge in [0.15, 0.2) is 5.43 Å². The van der Waals surface area contributed by atoms with Crippen molar-refractivity contribution in [2.75, 3.05) is 12.8 Å². The molecule has 0 aliphatic carbocycles. The highest BCUT2D eigenvalue weighted by molar-refractivity contribution is 7.95. The third-order valence-corrected chi connectivity index (χ3v) is 13.3. The van der Waals surface area contributed by atoms with Crippen LogP contribution >= 0.6 is 7.26 Å². The van der Waals surface area contributed by atoms with Gasteiger partial charge in [-0.25, -0.2) is 0 Å². The normalized spacial score (nSPS) is 11.7. The Labute approximate surface area is 262 Å². The molecule has 0 saturated carbocycles. The third-order valence-electron chi connectivity index (χ3n) is 8.82. The predicted molar refractivity (Wildman–Crippen MR) is 190 cm³/mol. The minimum Gasteiger partial charge on any atom is -0.493 e. The lowest BCUT2D eigenvalue weighted by molar-refractivity contribution is 0.318. The topological polar surface area (TPSA) is 26.3 Å². The van der Waals surface area contributed by atoms with Gasteiger partial charge in [-0.15, -0.1) is 0 Å². The Morgan fingerprint density at radius 2 is 0.909 bits per heavy atom. The van der Waals surface area contributed by atoms with Gasteiger partial charge in [0.1, 0.15) is 28.9 Å². The van der Waals surface area contributed by atoms with Gasteiger partial charge in [0, 0.05) is 17.5 Å². The van der Waals surface area contributed by atoms with Crippen LogP contribution in [-0.2, 0) is 0 Å². The zero-order chi connectivity index (χ0) is 30.8. The van der Waals surface area contributed by atoms with Crippen molar-refractivity contribution in [1.82, 2.24) is 0 Å². The van der Waals surface area contributed by atoms with E-state index in [0.717, 1.165) is 62.8 Å². The number of rotatable bonds is 10. The molecule has 0 saturated heterocycles. The molecular formula is C41H40O2P+. The molecule has 0 unspecified atom stereocenters. The van der Waals surface area contributed by atoms with Crippen LogP contribution in [0.5, 0.6) is 5.75 Å². The summed E-state index contributed by atoms with van der Waals surface area (Å²) in [5, 5.41) is 4.18. The molecule has 0 bridgehead atoms. The van der Waals surface area contributed by atoms with E-state index in [2.05, 4.69) is 150 Å². The van der Waals surface area contributed by atoms with Gasteiger partial charge in [-0.05, 0) is 117 Å². The van der Waals surface area contributed by atoms with Crippen LogP contribution in [0.1, 0.15) is 34.2 Å². The Kier molecular flexibility index (Phi) is 8.39. The molecule has 0 aliphatic heterocycles. The quantitative estimate of drug-likeness (QED) is 0.117. The molecule has 3 heteroatoms. The second-order valence-corrected chi connectivity index (χ2v) is 15.6. The number of hydrogen-bond acceptors (Lipinski definition) is 2. The second-order valence-electron chi connectivity index (χ2n) is 12.0. The molecule has 0 amide bonds. The summed E-state index contributed by atoms with van der Waals surface area (Å²) in [5.41, 5.74) is 9.78. The molecule has 0 fully saturated rings. The summed E-state index contributed by atoms with van der Waals surface area (Å²) in [7, 11) is -1.88. The summed E-state index contributed by atoms with van der Waals surface area (Å²) in [5.74, 6) is 0.866. The number of hydrogen-bond donors (Lipinski definition) is 0. The maximum absolute atomic E-state index is 13.2. The zero-order valence-corrected chi connectivity index (χ0v) is 27.2. The highest BCUT2D eigenvalue weighted by atomic mass is 31.2. The molecule has 6 aromatic carbocycles. The van der Waals surface area contributed by atoms with E-state index in [4.69, 9.17) is 4.74 Å². The summed E-state index contributed by atoms with van der Waals surface area (Å²) >= 11 is 0. The molecule has 2 nitrogen and oxygen atoms in total. The molecule has 0 spiro atoms. The third kappa shape index (κ3) is 5.56. The van der Waals surface area contributed by atoms with Crippen LogP contribution in [0.4, 0.5) is 0 Å². The van der Waals surface area contributed by atoms with Crippen LogP contribution in [-0.4, -0.2) is 12.8 Å². The predicted octanol–water partition coefficient (Wildman–Crippen LogP) is 8.56. The molecule has 44 heavy (non-hydrogen) atoms. The second kappa shape index (κ2) is 12.4. The molecule has 0 aliphatic rings. The fourth-order valence-electron chi connectivity index (χ4n) is 7.00. The van der Waals surface area contributed by atoms with Crippen LogP contribution in [0, 0.1) is 34.6 Å². The van der Waals surface area contributed by atoms with E-state index in [1.54, 1.807) is 0 Å². The van der Waals surface area contributed by atoms with Gasteiger partial charge in [0.05, 0.1) is 12.8 Å². The van der Waals surface area contributed by atoms with E-state index in [9.17, 15) is 4.79 Å². The number of aryl methyl sites for hydroxylation is 5. The maximum atomic E-state index is 13.2. The van der Waals surface area contributed by atoms with Crippen LogP contribution in [0.15, 0.2) is 120 Å². The molecule has 0 heterocycles. The first-order chi connectivity index (χ1) is 21.3. The average Bonchev–Trinajstić information content (AvgIpc) is 3.66. The summed E-state index contributed by atoms with van der Waals surface area (Å²) in [6.45, 7) is 11.1. The zero-order valence-electron chi connectivity index (χ0n) is 26.4. The van der Waals surface area contributed by atoms with Gasteiger partial charge in [0.25, 0.3) is 0 Å². The number of ether oxygens (including phenoxy) is 1. The van der Waals surface area contributed by atoms with Crippen LogP contribution in [0.3, 0.4) is 0 Å². The maximum Gasteiger partial charge on any atom is 0.195 e. The van der Waals surface area contributed by atoms with E-state index in [0.29, 0.717) is 6.61 Å². The summed E-state index contributed by atoms with van der Waals surface area (Å²) < 4.78 is 6.43. The molecule has 0 radical (unpaired) electrons. The molecule has 6 rings (SSSR count). The Bertz CT molecular complexity index is 1770. The Morgan fingerprint density at radius 1 is 0.523 bits per heavy atom. The lowest BCUT2D eigenvalue weighted by Gasteiger charge is -2.27. The largest absolute Gasteiger partial charge is 0.493 e. The van der Waals surface area contributed by atoms with Crippen molar-refractivity contribution in [3.63, 3.8) is 0 Å².